The quantitative estimate of drug-likeness (QED) is 0.241. The van der Waals surface area contributed by atoms with E-state index in [0.29, 0.717) is 52.4 Å². The SMILES string of the molecule is CC(C)(C)OC(=O)CN1CCN(CC(=O)NCCC(=O)O)CCN(CC(=O)OC(C)(C)C)CCN(CC(=O)OC(C)(C)C)CC1. The number of aliphatic carboxylic acids is 1. The number of esters is 3. The molecule has 1 rings (SSSR count). The lowest BCUT2D eigenvalue weighted by atomic mass is 10.2. The van der Waals surface area contributed by atoms with Crippen molar-refractivity contribution in [3.8, 4) is 0 Å². The van der Waals surface area contributed by atoms with Crippen LogP contribution in [0.2, 0.25) is 0 Å². The summed E-state index contributed by atoms with van der Waals surface area (Å²) in [5, 5.41) is 11.5. The van der Waals surface area contributed by atoms with Gasteiger partial charge in [0.1, 0.15) is 16.8 Å². The van der Waals surface area contributed by atoms with E-state index >= 15 is 0 Å². The number of hydrogen-bond acceptors (Lipinski definition) is 12. The van der Waals surface area contributed by atoms with Crippen LogP contribution in [0.1, 0.15) is 68.7 Å². The number of amides is 1. The molecule has 0 aromatic rings. The predicted octanol–water partition coefficient (Wildman–Crippen LogP) is 0.824. The molecule has 45 heavy (non-hydrogen) atoms. The molecule has 0 aliphatic carbocycles. The maximum Gasteiger partial charge on any atom is 0.320 e. The zero-order chi connectivity index (χ0) is 34.4. The van der Waals surface area contributed by atoms with Gasteiger partial charge in [0.2, 0.25) is 5.91 Å². The van der Waals surface area contributed by atoms with Crippen molar-refractivity contribution in [3.05, 3.63) is 0 Å². The summed E-state index contributed by atoms with van der Waals surface area (Å²) in [7, 11) is 0. The van der Waals surface area contributed by atoms with E-state index in [-0.39, 0.29) is 63.0 Å². The van der Waals surface area contributed by atoms with Gasteiger partial charge in [0.05, 0.1) is 32.6 Å². The van der Waals surface area contributed by atoms with Crippen molar-refractivity contribution in [3.63, 3.8) is 0 Å². The molecule has 0 unspecified atom stereocenters. The van der Waals surface area contributed by atoms with Crippen LogP contribution in [-0.4, -0.2) is 156 Å². The maximum atomic E-state index is 12.8. The molecule has 0 spiro atoms. The van der Waals surface area contributed by atoms with E-state index in [1.54, 1.807) is 41.5 Å². The second-order valence-electron chi connectivity index (χ2n) is 14.4. The van der Waals surface area contributed by atoms with Gasteiger partial charge >= 0.3 is 23.9 Å². The van der Waals surface area contributed by atoms with Gasteiger partial charge in [-0.1, -0.05) is 0 Å². The Morgan fingerprint density at radius 3 is 1.04 bits per heavy atom. The molecule has 0 atom stereocenters. The third-order valence-corrected chi connectivity index (χ3v) is 6.28. The highest BCUT2D eigenvalue weighted by Crippen LogP contribution is 2.11. The fourth-order valence-corrected chi connectivity index (χ4v) is 4.45. The summed E-state index contributed by atoms with van der Waals surface area (Å²) in [6, 6.07) is 0. The lowest BCUT2D eigenvalue weighted by molar-refractivity contribution is -0.158. The standard InChI is InChI=1S/C31H57N5O9/c1-29(2,3)43-26(40)21-34-14-12-33(20-24(37)32-11-10-25(38)39)13-15-35(22-27(41)44-30(4,5)6)17-19-36(18-16-34)23-28(42)45-31(7,8)9/h10-23H2,1-9H3,(H,32,37)(H,38,39). The average molecular weight is 644 g/mol. The first kappa shape index (κ1) is 40.2. The number of rotatable bonds is 11. The van der Waals surface area contributed by atoms with Crippen LogP contribution in [0, 0.1) is 0 Å². The summed E-state index contributed by atoms with van der Waals surface area (Å²) in [5.41, 5.74) is -1.94. The molecule has 260 valence electrons. The van der Waals surface area contributed by atoms with Gasteiger partial charge in [-0.15, -0.1) is 0 Å². The number of carboxylic acids is 1. The summed E-state index contributed by atoms with van der Waals surface area (Å²) in [5.74, 6) is -2.45. The molecule has 0 saturated carbocycles. The molecule has 1 aliphatic heterocycles. The van der Waals surface area contributed by atoms with Crippen LogP contribution in [0.3, 0.4) is 0 Å². The Labute approximate surface area is 268 Å². The number of ether oxygens (including phenoxy) is 3. The minimum Gasteiger partial charge on any atom is -0.481 e. The van der Waals surface area contributed by atoms with E-state index in [2.05, 4.69) is 5.32 Å². The summed E-state index contributed by atoms with van der Waals surface area (Å²) in [4.78, 5) is 69.6. The second kappa shape index (κ2) is 18.4. The number of carbonyl (C=O) groups is 5. The first-order valence-corrected chi connectivity index (χ1v) is 15.6. The zero-order valence-corrected chi connectivity index (χ0v) is 28.9. The summed E-state index contributed by atoms with van der Waals surface area (Å²) >= 11 is 0. The van der Waals surface area contributed by atoms with E-state index < -0.39 is 22.8 Å². The summed E-state index contributed by atoms with van der Waals surface area (Å²) < 4.78 is 16.7. The first-order valence-electron chi connectivity index (χ1n) is 15.6. The monoisotopic (exact) mass is 643 g/mol. The summed E-state index contributed by atoms with van der Waals surface area (Å²) in [6.07, 6.45) is -0.182. The van der Waals surface area contributed by atoms with Gasteiger partial charge in [0, 0.05) is 58.9 Å². The van der Waals surface area contributed by atoms with Crippen LogP contribution in [-0.2, 0) is 38.2 Å². The largest absolute Gasteiger partial charge is 0.481 e. The molecule has 1 amide bonds. The van der Waals surface area contributed by atoms with Crippen molar-refractivity contribution in [2.24, 2.45) is 0 Å². The highest BCUT2D eigenvalue weighted by Gasteiger charge is 2.26. The molecule has 1 aliphatic rings. The van der Waals surface area contributed by atoms with Crippen molar-refractivity contribution in [2.45, 2.75) is 85.5 Å². The average Bonchev–Trinajstić information content (AvgIpc) is 2.81. The Kier molecular flexibility index (Phi) is 16.4. The van der Waals surface area contributed by atoms with Crippen molar-refractivity contribution in [1.82, 2.24) is 24.9 Å². The molecule has 0 bridgehead atoms. The van der Waals surface area contributed by atoms with Gasteiger partial charge in [-0.3, -0.25) is 43.6 Å². The molecule has 2 N–H and O–H groups in total. The Hall–Kier alpha value is -2.81. The van der Waals surface area contributed by atoms with Gasteiger partial charge in [-0.2, -0.15) is 0 Å². The summed E-state index contributed by atoms with van der Waals surface area (Å²) in [6.45, 7) is 19.8. The molecule has 14 nitrogen and oxygen atoms in total. The molecular weight excluding hydrogens is 586 g/mol. The first-order chi connectivity index (χ1) is 20.6. The van der Waals surface area contributed by atoms with Crippen LogP contribution in [0.5, 0.6) is 0 Å². The lowest BCUT2D eigenvalue weighted by Gasteiger charge is -2.34. The smallest absolute Gasteiger partial charge is 0.320 e. The molecule has 0 radical (unpaired) electrons. The Morgan fingerprint density at radius 2 is 0.800 bits per heavy atom. The molecule has 14 heteroatoms. The van der Waals surface area contributed by atoms with Gasteiger partial charge in [0.25, 0.3) is 0 Å². The highest BCUT2D eigenvalue weighted by atomic mass is 16.6. The normalized spacial score (nSPS) is 17.4. The number of hydrogen-bond donors (Lipinski definition) is 2. The van der Waals surface area contributed by atoms with E-state index in [4.69, 9.17) is 19.3 Å². The number of carboxylic acid groups (broad SMARTS) is 1. The van der Waals surface area contributed by atoms with Gasteiger partial charge in [0.15, 0.2) is 0 Å². The van der Waals surface area contributed by atoms with Crippen LogP contribution < -0.4 is 5.32 Å². The lowest BCUT2D eigenvalue weighted by Crippen LogP contribution is -2.50. The number of carbonyl (C=O) groups excluding carboxylic acids is 4. The minimum absolute atomic E-state index is 0.0188. The van der Waals surface area contributed by atoms with Crippen molar-refractivity contribution >= 4 is 29.8 Å². The molecule has 0 aromatic carbocycles. The van der Waals surface area contributed by atoms with Crippen molar-refractivity contribution in [1.29, 1.82) is 0 Å². The van der Waals surface area contributed by atoms with Gasteiger partial charge in [-0.25, -0.2) is 0 Å². The maximum absolute atomic E-state index is 12.8. The number of nitrogens with one attached hydrogen (secondary N) is 1. The third kappa shape index (κ3) is 21.5. The molecule has 1 fully saturated rings. The highest BCUT2D eigenvalue weighted by molar-refractivity contribution is 5.78. The second-order valence-corrected chi connectivity index (χ2v) is 14.4. The fourth-order valence-electron chi connectivity index (χ4n) is 4.45. The molecule has 0 aromatic heterocycles. The third-order valence-electron chi connectivity index (χ3n) is 6.28. The van der Waals surface area contributed by atoms with Crippen LogP contribution in [0.4, 0.5) is 0 Å². The van der Waals surface area contributed by atoms with Gasteiger partial charge < -0.3 is 24.6 Å². The van der Waals surface area contributed by atoms with E-state index in [0.717, 1.165) is 0 Å². The molecular formula is C31H57N5O9. The predicted molar refractivity (Wildman–Crippen MR) is 169 cm³/mol. The Morgan fingerprint density at radius 1 is 0.533 bits per heavy atom. The van der Waals surface area contributed by atoms with Gasteiger partial charge in [-0.05, 0) is 62.3 Å². The Balaban J connectivity index is 3.20. The van der Waals surface area contributed by atoms with E-state index in [1.165, 1.54) is 0 Å². The fraction of sp³-hybridized carbons (Fsp3) is 0.839. The van der Waals surface area contributed by atoms with Crippen LogP contribution >= 0.6 is 0 Å². The van der Waals surface area contributed by atoms with E-state index in [1.807, 2.05) is 40.4 Å². The van der Waals surface area contributed by atoms with E-state index in [9.17, 15) is 24.0 Å². The van der Waals surface area contributed by atoms with Crippen molar-refractivity contribution < 1.29 is 43.3 Å². The van der Waals surface area contributed by atoms with Crippen LogP contribution in [0.25, 0.3) is 0 Å². The number of nitrogens with zero attached hydrogens (tertiary/aromatic N) is 4. The zero-order valence-electron chi connectivity index (χ0n) is 28.9. The topological polar surface area (TPSA) is 158 Å². The minimum atomic E-state index is -1.00. The molecule has 1 saturated heterocycles. The van der Waals surface area contributed by atoms with Crippen LogP contribution in [0.15, 0.2) is 0 Å². The van der Waals surface area contributed by atoms with Crippen molar-refractivity contribution in [2.75, 3.05) is 85.1 Å². The molecule has 1 heterocycles. The Bertz CT molecular complexity index is 939.